The summed E-state index contributed by atoms with van der Waals surface area (Å²) in [5.74, 6) is 0.951. The molecule has 0 aliphatic heterocycles. The standard InChI is InChI=1S/C19H18N2O3/c1-14-11-16(24-21-14)13-23-18-10-6-5-9-17(18)19(22)20-12-15-7-3-2-4-8-15/h2-11H,12-13H2,1H3,(H,20,22). The summed E-state index contributed by atoms with van der Waals surface area (Å²) in [5.41, 5.74) is 2.33. The van der Waals surface area contributed by atoms with E-state index in [2.05, 4.69) is 10.5 Å². The summed E-state index contributed by atoms with van der Waals surface area (Å²) in [7, 11) is 0. The van der Waals surface area contributed by atoms with Crippen LogP contribution < -0.4 is 10.1 Å². The number of rotatable bonds is 6. The predicted octanol–water partition coefficient (Wildman–Crippen LogP) is 3.49. The predicted molar refractivity (Wildman–Crippen MR) is 89.6 cm³/mol. The van der Waals surface area contributed by atoms with Crippen LogP contribution >= 0.6 is 0 Å². The summed E-state index contributed by atoms with van der Waals surface area (Å²) < 4.78 is 10.8. The van der Waals surface area contributed by atoms with E-state index in [0.29, 0.717) is 23.6 Å². The fourth-order valence-electron chi connectivity index (χ4n) is 2.29. The highest BCUT2D eigenvalue weighted by molar-refractivity contribution is 5.96. The molecular weight excluding hydrogens is 304 g/mol. The van der Waals surface area contributed by atoms with Gasteiger partial charge in [0.25, 0.3) is 5.91 Å². The number of nitrogens with zero attached hydrogens (tertiary/aromatic N) is 1. The number of carbonyl (C=O) groups is 1. The Bertz CT molecular complexity index is 812. The highest BCUT2D eigenvalue weighted by Gasteiger charge is 2.12. The van der Waals surface area contributed by atoms with E-state index in [0.717, 1.165) is 11.3 Å². The van der Waals surface area contributed by atoms with Crippen LogP contribution in [0, 0.1) is 6.92 Å². The van der Waals surface area contributed by atoms with Gasteiger partial charge in [-0.3, -0.25) is 4.79 Å². The SMILES string of the molecule is Cc1cc(COc2ccccc2C(=O)NCc2ccccc2)on1. The summed E-state index contributed by atoms with van der Waals surface area (Å²) in [6, 6.07) is 18.7. The maximum absolute atomic E-state index is 12.4. The molecule has 2 aromatic carbocycles. The van der Waals surface area contributed by atoms with Crippen LogP contribution in [0.2, 0.25) is 0 Å². The molecule has 0 aliphatic carbocycles. The molecule has 1 heterocycles. The van der Waals surface area contributed by atoms with Gasteiger partial charge in [0.1, 0.15) is 12.4 Å². The van der Waals surface area contributed by atoms with E-state index in [-0.39, 0.29) is 12.5 Å². The molecule has 1 amide bonds. The number of hydrogen-bond donors (Lipinski definition) is 1. The lowest BCUT2D eigenvalue weighted by molar-refractivity contribution is 0.0945. The van der Waals surface area contributed by atoms with Gasteiger partial charge in [-0.05, 0) is 24.6 Å². The van der Waals surface area contributed by atoms with Crippen LogP contribution in [0.4, 0.5) is 0 Å². The van der Waals surface area contributed by atoms with Crippen LogP contribution in [0.3, 0.4) is 0 Å². The number of nitrogens with one attached hydrogen (secondary N) is 1. The van der Waals surface area contributed by atoms with Crippen molar-refractivity contribution in [3.8, 4) is 5.75 Å². The quantitative estimate of drug-likeness (QED) is 0.754. The first-order valence-corrected chi connectivity index (χ1v) is 7.68. The van der Waals surface area contributed by atoms with Crippen molar-refractivity contribution in [2.45, 2.75) is 20.1 Å². The molecule has 5 nitrogen and oxygen atoms in total. The summed E-state index contributed by atoms with van der Waals surface area (Å²) in [6.45, 7) is 2.54. The second-order valence-electron chi connectivity index (χ2n) is 5.39. The van der Waals surface area contributed by atoms with Gasteiger partial charge in [0.2, 0.25) is 0 Å². The molecule has 1 N–H and O–H groups in total. The van der Waals surface area contributed by atoms with Crippen molar-refractivity contribution in [2.75, 3.05) is 0 Å². The summed E-state index contributed by atoms with van der Waals surface area (Å²) in [4.78, 5) is 12.4. The van der Waals surface area contributed by atoms with Crippen LogP contribution in [0.1, 0.15) is 27.4 Å². The third kappa shape index (κ3) is 4.01. The van der Waals surface area contributed by atoms with Crippen molar-refractivity contribution in [3.05, 3.63) is 83.2 Å². The number of ether oxygens (including phenoxy) is 1. The van der Waals surface area contributed by atoms with E-state index in [9.17, 15) is 4.79 Å². The number of aryl methyl sites for hydroxylation is 1. The van der Waals surface area contributed by atoms with Gasteiger partial charge in [-0.1, -0.05) is 47.6 Å². The lowest BCUT2D eigenvalue weighted by Gasteiger charge is -2.11. The molecule has 0 fully saturated rings. The number of para-hydroxylation sites is 1. The van der Waals surface area contributed by atoms with Crippen LogP contribution in [0.25, 0.3) is 0 Å². The summed E-state index contributed by atoms with van der Waals surface area (Å²) in [5, 5.41) is 6.72. The van der Waals surface area contributed by atoms with Gasteiger partial charge in [0.15, 0.2) is 5.76 Å². The molecule has 0 aliphatic rings. The van der Waals surface area contributed by atoms with Gasteiger partial charge in [0, 0.05) is 12.6 Å². The van der Waals surface area contributed by atoms with Gasteiger partial charge >= 0.3 is 0 Å². The smallest absolute Gasteiger partial charge is 0.255 e. The average Bonchev–Trinajstić information content (AvgIpc) is 3.04. The van der Waals surface area contributed by atoms with Gasteiger partial charge in [-0.2, -0.15) is 0 Å². The Morgan fingerprint density at radius 3 is 2.62 bits per heavy atom. The minimum absolute atomic E-state index is 0.178. The zero-order valence-corrected chi connectivity index (χ0v) is 13.4. The molecule has 3 aromatic rings. The second-order valence-corrected chi connectivity index (χ2v) is 5.39. The first-order chi connectivity index (χ1) is 11.7. The Balaban J connectivity index is 1.65. The fraction of sp³-hybridized carbons (Fsp3) is 0.158. The maximum Gasteiger partial charge on any atom is 0.255 e. The molecule has 24 heavy (non-hydrogen) atoms. The Kier molecular flexibility index (Phi) is 4.91. The zero-order chi connectivity index (χ0) is 16.8. The molecule has 122 valence electrons. The largest absolute Gasteiger partial charge is 0.485 e. The highest BCUT2D eigenvalue weighted by atomic mass is 16.5. The Hall–Kier alpha value is -3.08. The molecule has 0 spiro atoms. The number of benzene rings is 2. The molecule has 1 aromatic heterocycles. The first-order valence-electron chi connectivity index (χ1n) is 7.68. The van der Waals surface area contributed by atoms with Crippen molar-refractivity contribution in [1.82, 2.24) is 10.5 Å². The molecule has 0 saturated carbocycles. The van der Waals surface area contributed by atoms with Crippen molar-refractivity contribution < 1.29 is 14.1 Å². The van der Waals surface area contributed by atoms with Gasteiger partial charge in [0.05, 0.1) is 11.3 Å². The molecule has 3 rings (SSSR count). The molecule has 0 atom stereocenters. The summed E-state index contributed by atoms with van der Waals surface area (Å²) in [6.07, 6.45) is 0. The Morgan fingerprint density at radius 2 is 1.88 bits per heavy atom. The van der Waals surface area contributed by atoms with E-state index < -0.39 is 0 Å². The van der Waals surface area contributed by atoms with Crippen LogP contribution in [-0.4, -0.2) is 11.1 Å². The number of hydrogen-bond acceptors (Lipinski definition) is 4. The highest BCUT2D eigenvalue weighted by Crippen LogP contribution is 2.19. The number of carbonyl (C=O) groups excluding carboxylic acids is 1. The molecular formula is C19H18N2O3. The normalized spacial score (nSPS) is 10.4. The fourth-order valence-corrected chi connectivity index (χ4v) is 2.29. The van der Waals surface area contributed by atoms with Crippen molar-refractivity contribution in [1.29, 1.82) is 0 Å². The molecule has 5 heteroatoms. The van der Waals surface area contributed by atoms with Crippen molar-refractivity contribution in [2.24, 2.45) is 0 Å². The van der Waals surface area contributed by atoms with Gasteiger partial charge in [-0.15, -0.1) is 0 Å². The van der Waals surface area contributed by atoms with Crippen LogP contribution in [0.5, 0.6) is 5.75 Å². The topological polar surface area (TPSA) is 64.4 Å². The zero-order valence-electron chi connectivity index (χ0n) is 13.4. The van der Waals surface area contributed by atoms with E-state index in [4.69, 9.17) is 9.26 Å². The Morgan fingerprint density at radius 1 is 1.12 bits per heavy atom. The maximum atomic E-state index is 12.4. The lowest BCUT2D eigenvalue weighted by Crippen LogP contribution is -2.23. The van der Waals surface area contributed by atoms with Crippen molar-refractivity contribution >= 4 is 5.91 Å². The van der Waals surface area contributed by atoms with E-state index >= 15 is 0 Å². The average molecular weight is 322 g/mol. The Labute approximate surface area is 140 Å². The van der Waals surface area contributed by atoms with Gasteiger partial charge < -0.3 is 14.6 Å². The van der Waals surface area contributed by atoms with Crippen LogP contribution in [0.15, 0.2) is 65.2 Å². The first kappa shape index (κ1) is 15.8. The lowest BCUT2D eigenvalue weighted by atomic mass is 10.1. The van der Waals surface area contributed by atoms with Gasteiger partial charge in [-0.25, -0.2) is 0 Å². The third-order valence-electron chi connectivity index (χ3n) is 3.47. The minimum Gasteiger partial charge on any atom is -0.485 e. The molecule has 0 unspecified atom stereocenters. The van der Waals surface area contributed by atoms with E-state index in [1.807, 2.05) is 49.4 Å². The minimum atomic E-state index is -0.178. The third-order valence-corrected chi connectivity index (χ3v) is 3.47. The second kappa shape index (κ2) is 7.46. The molecule has 0 bridgehead atoms. The number of aromatic nitrogens is 1. The van der Waals surface area contributed by atoms with Crippen LogP contribution in [-0.2, 0) is 13.2 Å². The number of amides is 1. The molecule has 0 saturated heterocycles. The van der Waals surface area contributed by atoms with E-state index in [1.165, 1.54) is 0 Å². The van der Waals surface area contributed by atoms with Crippen molar-refractivity contribution in [3.63, 3.8) is 0 Å². The molecule has 0 radical (unpaired) electrons. The summed E-state index contributed by atoms with van der Waals surface area (Å²) >= 11 is 0. The monoisotopic (exact) mass is 322 g/mol. The van der Waals surface area contributed by atoms with E-state index in [1.54, 1.807) is 18.2 Å².